The Morgan fingerprint density at radius 1 is 1.08 bits per heavy atom. The van der Waals surface area contributed by atoms with Crippen molar-refractivity contribution < 1.29 is 9.59 Å². The molecule has 1 aliphatic rings. The molecule has 0 bridgehead atoms. The SMILES string of the molecule is Cc1ccc(C)c(NC(=O)C2=NN(c3ccccc3)C(=O)CC2)c1. The number of para-hydroxylation sites is 1. The van der Waals surface area contributed by atoms with Crippen LogP contribution in [0.25, 0.3) is 0 Å². The molecule has 1 aliphatic heterocycles. The Morgan fingerprint density at radius 2 is 1.83 bits per heavy atom. The monoisotopic (exact) mass is 321 g/mol. The van der Waals surface area contributed by atoms with Crippen LogP contribution in [0, 0.1) is 13.8 Å². The summed E-state index contributed by atoms with van der Waals surface area (Å²) in [4.78, 5) is 24.6. The van der Waals surface area contributed by atoms with Crippen LogP contribution in [-0.2, 0) is 9.59 Å². The van der Waals surface area contributed by atoms with E-state index in [-0.39, 0.29) is 18.2 Å². The third-order valence-electron chi connectivity index (χ3n) is 3.94. The molecular weight excluding hydrogens is 302 g/mol. The Kier molecular flexibility index (Phi) is 4.42. The number of carbonyl (C=O) groups is 2. The lowest BCUT2D eigenvalue weighted by Crippen LogP contribution is -2.36. The zero-order valence-corrected chi connectivity index (χ0v) is 13.7. The van der Waals surface area contributed by atoms with Crippen molar-refractivity contribution >= 4 is 28.9 Å². The number of hydrogen-bond acceptors (Lipinski definition) is 3. The van der Waals surface area contributed by atoms with Gasteiger partial charge in [-0.05, 0) is 43.2 Å². The molecule has 3 rings (SSSR count). The molecule has 5 heteroatoms. The van der Waals surface area contributed by atoms with E-state index < -0.39 is 0 Å². The van der Waals surface area contributed by atoms with Crippen molar-refractivity contribution in [2.24, 2.45) is 5.10 Å². The van der Waals surface area contributed by atoms with Gasteiger partial charge in [-0.15, -0.1) is 0 Å². The summed E-state index contributed by atoms with van der Waals surface area (Å²) in [6.45, 7) is 3.92. The molecule has 5 nitrogen and oxygen atoms in total. The summed E-state index contributed by atoms with van der Waals surface area (Å²) >= 11 is 0. The molecule has 0 saturated heterocycles. The Morgan fingerprint density at radius 3 is 2.58 bits per heavy atom. The summed E-state index contributed by atoms with van der Waals surface area (Å²) in [6.07, 6.45) is 0.618. The van der Waals surface area contributed by atoms with Crippen LogP contribution in [-0.4, -0.2) is 17.5 Å². The predicted octanol–water partition coefficient (Wildman–Crippen LogP) is 3.42. The largest absolute Gasteiger partial charge is 0.321 e. The van der Waals surface area contributed by atoms with E-state index in [1.807, 2.05) is 50.2 Å². The molecule has 0 unspecified atom stereocenters. The van der Waals surface area contributed by atoms with Gasteiger partial charge in [0.1, 0.15) is 5.71 Å². The van der Waals surface area contributed by atoms with E-state index >= 15 is 0 Å². The smallest absolute Gasteiger partial charge is 0.271 e. The van der Waals surface area contributed by atoms with Gasteiger partial charge in [-0.25, -0.2) is 5.01 Å². The number of hydrogen-bond donors (Lipinski definition) is 1. The number of carbonyl (C=O) groups excluding carboxylic acids is 2. The second-order valence-electron chi connectivity index (χ2n) is 5.86. The van der Waals surface area contributed by atoms with Crippen molar-refractivity contribution in [3.8, 4) is 0 Å². The van der Waals surface area contributed by atoms with Gasteiger partial charge in [0.05, 0.1) is 5.69 Å². The molecule has 0 aromatic heterocycles. The minimum Gasteiger partial charge on any atom is -0.321 e. The van der Waals surface area contributed by atoms with E-state index in [1.54, 1.807) is 12.1 Å². The van der Waals surface area contributed by atoms with Crippen LogP contribution in [0.1, 0.15) is 24.0 Å². The zero-order chi connectivity index (χ0) is 17.1. The van der Waals surface area contributed by atoms with Gasteiger partial charge in [0.15, 0.2) is 0 Å². The first-order valence-corrected chi connectivity index (χ1v) is 7.88. The second kappa shape index (κ2) is 6.66. The molecule has 1 heterocycles. The fraction of sp³-hybridized carbons (Fsp3) is 0.211. The lowest BCUT2D eigenvalue weighted by atomic mass is 10.1. The Labute approximate surface area is 141 Å². The molecular formula is C19H19N3O2. The number of aryl methyl sites for hydroxylation is 2. The van der Waals surface area contributed by atoms with Gasteiger partial charge in [0.25, 0.3) is 5.91 Å². The highest BCUT2D eigenvalue weighted by Crippen LogP contribution is 2.21. The standard InChI is InChI=1S/C19H19N3O2/c1-13-8-9-14(2)17(12-13)20-19(24)16-10-11-18(23)22(21-16)15-6-4-3-5-7-15/h3-9,12H,10-11H2,1-2H3,(H,20,24). The number of benzene rings is 2. The van der Waals surface area contributed by atoms with E-state index in [1.165, 1.54) is 5.01 Å². The number of anilines is 2. The first kappa shape index (κ1) is 15.9. The van der Waals surface area contributed by atoms with Crippen LogP contribution >= 0.6 is 0 Å². The Balaban J connectivity index is 1.84. The molecule has 0 spiro atoms. The lowest BCUT2D eigenvalue weighted by molar-refractivity contribution is -0.118. The van der Waals surface area contributed by atoms with E-state index in [0.717, 1.165) is 16.8 Å². The van der Waals surface area contributed by atoms with Crippen molar-refractivity contribution in [2.45, 2.75) is 26.7 Å². The molecule has 122 valence electrons. The molecule has 0 aliphatic carbocycles. The lowest BCUT2D eigenvalue weighted by Gasteiger charge is -2.23. The van der Waals surface area contributed by atoms with Crippen LogP contribution in [0.3, 0.4) is 0 Å². The van der Waals surface area contributed by atoms with Gasteiger partial charge in [-0.3, -0.25) is 9.59 Å². The molecule has 0 atom stereocenters. The topological polar surface area (TPSA) is 61.8 Å². The van der Waals surface area contributed by atoms with Gasteiger partial charge in [0, 0.05) is 18.5 Å². The van der Waals surface area contributed by atoms with Crippen molar-refractivity contribution in [3.63, 3.8) is 0 Å². The average Bonchev–Trinajstić information content (AvgIpc) is 2.59. The van der Waals surface area contributed by atoms with Crippen molar-refractivity contribution in [2.75, 3.05) is 10.3 Å². The van der Waals surface area contributed by atoms with Crippen molar-refractivity contribution in [1.82, 2.24) is 0 Å². The molecule has 2 aromatic rings. The summed E-state index contributed by atoms with van der Waals surface area (Å²) in [5, 5.41) is 8.48. The summed E-state index contributed by atoms with van der Waals surface area (Å²) < 4.78 is 0. The summed E-state index contributed by atoms with van der Waals surface area (Å²) in [7, 11) is 0. The molecule has 0 radical (unpaired) electrons. The maximum atomic E-state index is 12.5. The Bertz CT molecular complexity index is 813. The molecule has 2 aromatic carbocycles. The van der Waals surface area contributed by atoms with Crippen LogP contribution in [0.5, 0.6) is 0 Å². The van der Waals surface area contributed by atoms with Crippen molar-refractivity contribution in [1.29, 1.82) is 0 Å². The third kappa shape index (κ3) is 3.35. The van der Waals surface area contributed by atoms with Crippen molar-refractivity contribution in [3.05, 3.63) is 59.7 Å². The number of hydrazone groups is 1. The second-order valence-corrected chi connectivity index (χ2v) is 5.86. The maximum absolute atomic E-state index is 12.5. The quantitative estimate of drug-likeness (QED) is 0.941. The first-order valence-electron chi connectivity index (χ1n) is 7.88. The molecule has 24 heavy (non-hydrogen) atoms. The first-order chi connectivity index (χ1) is 11.5. The zero-order valence-electron chi connectivity index (χ0n) is 13.7. The van der Waals surface area contributed by atoms with E-state index in [9.17, 15) is 9.59 Å². The highest BCUT2D eigenvalue weighted by atomic mass is 16.2. The molecule has 1 N–H and O–H groups in total. The number of nitrogens with one attached hydrogen (secondary N) is 1. The van der Waals surface area contributed by atoms with Gasteiger partial charge in [0.2, 0.25) is 5.91 Å². The summed E-state index contributed by atoms with van der Waals surface area (Å²) in [5.41, 5.74) is 3.85. The Hall–Kier alpha value is -2.95. The van der Waals surface area contributed by atoms with Crippen LogP contribution in [0.15, 0.2) is 53.6 Å². The molecule has 0 saturated carbocycles. The van der Waals surface area contributed by atoms with Crippen LogP contribution in [0.2, 0.25) is 0 Å². The van der Waals surface area contributed by atoms with Gasteiger partial charge in [-0.1, -0.05) is 30.3 Å². The van der Waals surface area contributed by atoms with Crippen LogP contribution < -0.4 is 10.3 Å². The van der Waals surface area contributed by atoms with E-state index in [2.05, 4.69) is 10.4 Å². The number of rotatable bonds is 3. The van der Waals surface area contributed by atoms with Gasteiger partial charge < -0.3 is 5.32 Å². The fourth-order valence-electron chi connectivity index (χ4n) is 2.55. The highest BCUT2D eigenvalue weighted by Gasteiger charge is 2.25. The van der Waals surface area contributed by atoms with E-state index in [0.29, 0.717) is 17.8 Å². The minimum absolute atomic E-state index is 0.107. The number of nitrogens with zero attached hydrogens (tertiary/aromatic N) is 2. The van der Waals surface area contributed by atoms with Gasteiger partial charge >= 0.3 is 0 Å². The third-order valence-corrected chi connectivity index (χ3v) is 3.94. The van der Waals surface area contributed by atoms with Crippen LogP contribution in [0.4, 0.5) is 11.4 Å². The molecule has 0 fully saturated rings. The minimum atomic E-state index is -0.267. The van der Waals surface area contributed by atoms with E-state index in [4.69, 9.17) is 0 Å². The summed E-state index contributed by atoms with van der Waals surface area (Å²) in [5.74, 6) is -0.374. The maximum Gasteiger partial charge on any atom is 0.271 e. The average molecular weight is 321 g/mol. The fourth-order valence-corrected chi connectivity index (χ4v) is 2.55. The normalized spacial score (nSPS) is 14.3. The molecule has 2 amide bonds. The van der Waals surface area contributed by atoms with Gasteiger partial charge in [-0.2, -0.15) is 5.10 Å². The summed E-state index contributed by atoms with van der Waals surface area (Å²) in [6, 6.07) is 15.0. The highest BCUT2D eigenvalue weighted by molar-refractivity contribution is 6.44. The number of amides is 2. The predicted molar refractivity (Wildman–Crippen MR) is 95.1 cm³/mol.